The van der Waals surface area contributed by atoms with E-state index in [1.807, 2.05) is 6.07 Å². The van der Waals surface area contributed by atoms with Gasteiger partial charge in [0.15, 0.2) is 0 Å². The van der Waals surface area contributed by atoms with Crippen molar-refractivity contribution in [2.45, 2.75) is 32.7 Å². The Morgan fingerprint density at radius 1 is 1.33 bits per heavy atom. The minimum Gasteiger partial charge on any atom is -0.295 e. The standard InChI is InChI=1S/C16H22N2/c1-13(2)15-9-11-18(12-15)16(8-10-17)14-6-4-3-5-7-14/h3-7,13,15-16H,8-9,11-12H2,1-2H3. The molecule has 1 heterocycles. The number of nitriles is 1. The van der Waals surface area contributed by atoms with E-state index in [0.29, 0.717) is 6.42 Å². The fourth-order valence-corrected chi connectivity index (χ4v) is 2.86. The molecule has 0 amide bonds. The first-order valence-corrected chi connectivity index (χ1v) is 6.88. The van der Waals surface area contributed by atoms with Crippen LogP contribution >= 0.6 is 0 Å². The van der Waals surface area contributed by atoms with Gasteiger partial charge >= 0.3 is 0 Å². The molecule has 1 aromatic carbocycles. The minimum atomic E-state index is 0.278. The maximum atomic E-state index is 9.06. The highest BCUT2D eigenvalue weighted by molar-refractivity contribution is 5.20. The molecule has 1 aromatic rings. The van der Waals surface area contributed by atoms with E-state index in [9.17, 15) is 0 Å². The molecule has 96 valence electrons. The summed E-state index contributed by atoms with van der Waals surface area (Å²) in [6.07, 6.45) is 1.86. The van der Waals surface area contributed by atoms with Crippen molar-refractivity contribution in [3.63, 3.8) is 0 Å². The van der Waals surface area contributed by atoms with Gasteiger partial charge in [-0.25, -0.2) is 0 Å². The summed E-state index contributed by atoms with van der Waals surface area (Å²) >= 11 is 0. The summed E-state index contributed by atoms with van der Waals surface area (Å²) in [7, 11) is 0. The summed E-state index contributed by atoms with van der Waals surface area (Å²) in [5.74, 6) is 1.53. The van der Waals surface area contributed by atoms with Gasteiger partial charge in [0.1, 0.15) is 0 Å². The second-order valence-electron chi connectivity index (χ2n) is 5.58. The van der Waals surface area contributed by atoms with Gasteiger partial charge in [0.05, 0.1) is 12.5 Å². The summed E-state index contributed by atoms with van der Waals surface area (Å²) in [6.45, 7) is 6.87. The third-order valence-electron chi connectivity index (χ3n) is 4.11. The molecule has 2 nitrogen and oxygen atoms in total. The monoisotopic (exact) mass is 242 g/mol. The second kappa shape index (κ2) is 6.02. The maximum absolute atomic E-state index is 9.06. The first kappa shape index (κ1) is 13.1. The predicted octanol–water partition coefficient (Wildman–Crippen LogP) is 3.62. The predicted molar refractivity (Wildman–Crippen MR) is 73.9 cm³/mol. The van der Waals surface area contributed by atoms with Crippen LogP contribution in [0.1, 0.15) is 38.3 Å². The quantitative estimate of drug-likeness (QED) is 0.806. The van der Waals surface area contributed by atoms with E-state index in [-0.39, 0.29) is 6.04 Å². The third kappa shape index (κ3) is 2.91. The van der Waals surface area contributed by atoms with Gasteiger partial charge in [0, 0.05) is 12.6 Å². The molecular weight excluding hydrogens is 220 g/mol. The Labute approximate surface area is 110 Å². The Hall–Kier alpha value is -1.33. The van der Waals surface area contributed by atoms with E-state index in [1.165, 1.54) is 12.0 Å². The van der Waals surface area contributed by atoms with E-state index < -0.39 is 0 Å². The minimum absolute atomic E-state index is 0.278. The molecule has 1 aliphatic rings. The van der Waals surface area contributed by atoms with Crippen molar-refractivity contribution in [1.82, 2.24) is 4.90 Å². The normalized spacial score (nSPS) is 22.0. The van der Waals surface area contributed by atoms with Gasteiger partial charge in [-0.3, -0.25) is 4.90 Å². The van der Waals surface area contributed by atoms with Crippen LogP contribution in [0.4, 0.5) is 0 Å². The Balaban J connectivity index is 2.10. The second-order valence-corrected chi connectivity index (χ2v) is 5.58. The van der Waals surface area contributed by atoms with Crippen LogP contribution in [0.25, 0.3) is 0 Å². The SMILES string of the molecule is CC(C)C1CCN(C(CC#N)c2ccccc2)C1. The van der Waals surface area contributed by atoms with Gasteiger partial charge in [-0.1, -0.05) is 44.2 Å². The Morgan fingerprint density at radius 3 is 2.61 bits per heavy atom. The molecule has 2 atom stereocenters. The number of hydrogen-bond donors (Lipinski definition) is 0. The lowest BCUT2D eigenvalue weighted by molar-refractivity contribution is 0.229. The first-order chi connectivity index (χ1) is 8.72. The molecular formula is C16H22N2. The van der Waals surface area contributed by atoms with Crippen molar-refractivity contribution >= 4 is 0 Å². The van der Waals surface area contributed by atoms with E-state index in [2.05, 4.69) is 49.1 Å². The van der Waals surface area contributed by atoms with Crippen LogP contribution in [0.2, 0.25) is 0 Å². The summed E-state index contributed by atoms with van der Waals surface area (Å²) in [4.78, 5) is 2.49. The molecule has 2 heteroatoms. The Bertz CT molecular complexity index is 405. The molecule has 0 bridgehead atoms. The highest BCUT2D eigenvalue weighted by atomic mass is 15.2. The fourth-order valence-electron chi connectivity index (χ4n) is 2.86. The molecule has 1 fully saturated rings. The van der Waals surface area contributed by atoms with E-state index in [1.54, 1.807) is 0 Å². The van der Waals surface area contributed by atoms with Crippen molar-refractivity contribution in [3.8, 4) is 6.07 Å². The average molecular weight is 242 g/mol. The Kier molecular flexibility index (Phi) is 4.38. The molecule has 0 radical (unpaired) electrons. The number of hydrogen-bond acceptors (Lipinski definition) is 2. The lowest BCUT2D eigenvalue weighted by atomic mass is 9.95. The lowest BCUT2D eigenvalue weighted by Crippen LogP contribution is -2.27. The van der Waals surface area contributed by atoms with Crippen LogP contribution in [0, 0.1) is 23.2 Å². The highest BCUT2D eigenvalue weighted by Crippen LogP contribution is 2.32. The van der Waals surface area contributed by atoms with Gasteiger partial charge < -0.3 is 0 Å². The zero-order valence-electron chi connectivity index (χ0n) is 11.3. The van der Waals surface area contributed by atoms with Gasteiger partial charge in [0.2, 0.25) is 0 Å². The zero-order valence-corrected chi connectivity index (χ0v) is 11.3. The molecule has 0 saturated carbocycles. The first-order valence-electron chi connectivity index (χ1n) is 6.88. The summed E-state index contributed by atoms with van der Waals surface area (Å²) in [5, 5.41) is 9.06. The molecule has 0 N–H and O–H groups in total. The average Bonchev–Trinajstić information content (AvgIpc) is 2.86. The van der Waals surface area contributed by atoms with Gasteiger partial charge in [-0.05, 0) is 30.4 Å². The molecule has 0 aliphatic carbocycles. The van der Waals surface area contributed by atoms with Crippen LogP contribution in [0.5, 0.6) is 0 Å². The summed E-state index contributed by atoms with van der Waals surface area (Å²) < 4.78 is 0. The molecule has 0 aromatic heterocycles. The van der Waals surface area contributed by atoms with Crippen molar-refractivity contribution in [1.29, 1.82) is 5.26 Å². The van der Waals surface area contributed by atoms with Crippen LogP contribution in [0.3, 0.4) is 0 Å². The molecule has 1 aliphatic heterocycles. The van der Waals surface area contributed by atoms with Crippen LogP contribution < -0.4 is 0 Å². The number of rotatable bonds is 4. The van der Waals surface area contributed by atoms with Gasteiger partial charge in [-0.2, -0.15) is 5.26 Å². The van der Waals surface area contributed by atoms with Gasteiger partial charge in [-0.15, -0.1) is 0 Å². The molecule has 2 unspecified atom stereocenters. The highest BCUT2D eigenvalue weighted by Gasteiger charge is 2.30. The molecule has 0 spiro atoms. The van der Waals surface area contributed by atoms with Crippen molar-refractivity contribution in [2.75, 3.05) is 13.1 Å². The largest absolute Gasteiger partial charge is 0.295 e. The summed E-state index contributed by atoms with van der Waals surface area (Å²) in [6, 6.07) is 13.1. The number of likely N-dealkylation sites (tertiary alicyclic amines) is 1. The third-order valence-corrected chi connectivity index (χ3v) is 4.11. The lowest BCUT2D eigenvalue weighted by Gasteiger charge is -2.27. The van der Waals surface area contributed by atoms with E-state index in [4.69, 9.17) is 5.26 Å². The van der Waals surface area contributed by atoms with Crippen molar-refractivity contribution in [2.24, 2.45) is 11.8 Å². The molecule has 18 heavy (non-hydrogen) atoms. The fraction of sp³-hybridized carbons (Fsp3) is 0.562. The van der Waals surface area contributed by atoms with Crippen LogP contribution in [-0.4, -0.2) is 18.0 Å². The number of benzene rings is 1. The van der Waals surface area contributed by atoms with Crippen molar-refractivity contribution in [3.05, 3.63) is 35.9 Å². The zero-order chi connectivity index (χ0) is 13.0. The van der Waals surface area contributed by atoms with E-state index in [0.717, 1.165) is 24.9 Å². The molecule has 1 saturated heterocycles. The topological polar surface area (TPSA) is 27.0 Å². The van der Waals surface area contributed by atoms with Crippen LogP contribution in [0.15, 0.2) is 30.3 Å². The maximum Gasteiger partial charge on any atom is 0.0641 e. The smallest absolute Gasteiger partial charge is 0.0641 e. The summed E-state index contributed by atoms with van der Waals surface area (Å²) in [5.41, 5.74) is 1.28. The van der Waals surface area contributed by atoms with Crippen LogP contribution in [-0.2, 0) is 0 Å². The van der Waals surface area contributed by atoms with E-state index >= 15 is 0 Å². The van der Waals surface area contributed by atoms with Crippen molar-refractivity contribution < 1.29 is 0 Å². The molecule has 2 rings (SSSR count). The van der Waals surface area contributed by atoms with Gasteiger partial charge in [0.25, 0.3) is 0 Å². The number of nitrogens with zero attached hydrogens (tertiary/aromatic N) is 2. The Morgan fingerprint density at radius 2 is 2.06 bits per heavy atom.